The molecule has 0 aliphatic heterocycles. The zero-order valence-electron chi connectivity index (χ0n) is 8.18. The molecule has 5 heteroatoms. The van der Waals surface area contributed by atoms with E-state index >= 15 is 0 Å². The van der Waals surface area contributed by atoms with Gasteiger partial charge in [0.2, 0.25) is 0 Å². The highest BCUT2D eigenvalue weighted by Crippen LogP contribution is 2.18. The minimum atomic E-state index is -0.500. The molecular formula is C11H7FN4. The predicted molar refractivity (Wildman–Crippen MR) is 56.6 cm³/mol. The first kappa shape index (κ1) is 10.1. The zero-order chi connectivity index (χ0) is 11.5. The number of aromatic nitrogens is 2. The highest BCUT2D eigenvalue weighted by Gasteiger charge is 2.05. The van der Waals surface area contributed by atoms with Gasteiger partial charge in [-0.1, -0.05) is 0 Å². The Balaban J connectivity index is 2.56. The van der Waals surface area contributed by atoms with Gasteiger partial charge in [-0.2, -0.15) is 5.26 Å². The third kappa shape index (κ3) is 1.96. The molecule has 16 heavy (non-hydrogen) atoms. The van der Waals surface area contributed by atoms with E-state index in [2.05, 4.69) is 9.97 Å². The Hall–Kier alpha value is -2.48. The van der Waals surface area contributed by atoms with E-state index in [1.54, 1.807) is 0 Å². The Morgan fingerprint density at radius 2 is 2.12 bits per heavy atom. The monoisotopic (exact) mass is 214 g/mol. The Kier molecular flexibility index (Phi) is 2.48. The van der Waals surface area contributed by atoms with E-state index in [4.69, 9.17) is 11.0 Å². The number of hydrogen-bond donors (Lipinski definition) is 1. The second-order valence-electron chi connectivity index (χ2n) is 3.15. The first-order valence-electron chi connectivity index (χ1n) is 4.48. The van der Waals surface area contributed by atoms with Crippen molar-refractivity contribution < 1.29 is 4.39 Å². The van der Waals surface area contributed by atoms with E-state index in [1.807, 2.05) is 6.07 Å². The summed E-state index contributed by atoms with van der Waals surface area (Å²) in [5.41, 5.74) is 6.15. The first-order chi connectivity index (χ1) is 7.69. The number of anilines is 1. The van der Waals surface area contributed by atoms with Crippen molar-refractivity contribution in [1.82, 2.24) is 9.97 Å². The summed E-state index contributed by atoms with van der Waals surface area (Å²) in [5.74, 6) is 0.101. The number of halogens is 1. The van der Waals surface area contributed by atoms with Crippen LogP contribution in [0.2, 0.25) is 0 Å². The molecule has 78 valence electrons. The third-order valence-corrected chi connectivity index (χ3v) is 1.96. The van der Waals surface area contributed by atoms with Crippen LogP contribution in [0.15, 0.2) is 30.5 Å². The first-order valence-corrected chi connectivity index (χ1v) is 4.48. The summed E-state index contributed by atoms with van der Waals surface area (Å²) in [6.07, 6.45) is 1.48. The topological polar surface area (TPSA) is 75.6 Å². The van der Waals surface area contributed by atoms with Gasteiger partial charge in [-0.3, -0.25) is 0 Å². The molecule has 0 aliphatic carbocycles. The number of nitrogens with zero attached hydrogens (tertiary/aromatic N) is 3. The van der Waals surface area contributed by atoms with Gasteiger partial charge >= 0.3 is 0 Å². The van der Waals surface area contributed by atoms with Crippen molar-refractivity contribution in [2.75, 3.05) is 5.73 Å². The molecule has 2 aromatic rings. The molecule has 1 aromatic carbocycles. The molecule has 0 spiro atoms. The van der Waals surface area contributed by atoms with Crippen molar-refractivity contribution in [3.8, 4) is 17.5 Å². The van der Waals surface area contributed by atoms with Crippen LogP contribution in [0.1, 0.15) is 5.56 Å². The van der Waals surface area contributed by atoms with E-state index in [0.29, 0.717) is 17.2 Å². The molecule has 2 N–H and O–H groups in total. The molecule has 0 saturated carbocycles. The second kappa shape index (κ2) is 3.95. The van der Waals surface area contributed by atoms with Crippen LogP contribution in [-0.4, -0.2) is 9.97 Å². The fraction of sp³-hybridized carbons (Fsp3) is 0. The van der Waals surface area contributed by atoms with Crippen LogP contribution in [0.4, 0.5) is 10.2 Å². The SMILES string of the molecule is N#Cc1cc(F)cc(-c2nccc(N)n2)c1. The summed E-state index contributed by atoms with van der Waals surface area (Å²) in [6.45, 7) is 0. The van der Waals surface area contributed by atoms with Gasteiger partial charge in [0.25, 0.3) is 0 Å². The summed E-state index contributed by atoms with van der Waals surface area (Å²) in [5, 5.41) is 8.71. The molecule has 1 aromatic heterocycles. The van der Waals surface area contributed by atoms with Crippen molar-refractivity contribution in [3.05, 3.63) is 41.8 Å². The Labute approximate surface area is 91.2 Å². The molecule has 0 saturated heterocycles. The smallest absolute Gasteiger partial charge is 0.161 e. The standard InChI is InChI=1S/C11H7FN4/c12-9-4-7(6-13)3-8(5-9)11-15-2-1-10(14)16-11/h1-5H,(H2,14,15,16). The quantitative estimate of drug-likeness (QED) is 0.784. The molecule has 2 rings (SSSR count). The fourth-order valence-electron chi connectivity index (χ4n) is 1.30. The van der Waals surface area contributed by atoms with Crippen molar-refractivity contribution in [2.45, 2.75) is 0 Å². The minimum absolute atomic E-state index is 0.223. The molecule has 0 radical (unpaired) electrons. The largest absolute Gasteiger partial charge is 0.384 e. The van der Waals surface area contributed by atoms with Crippen molar-refractivity contribution in [1.29, 1.82) is 5.26 Å². The lowest BCUT2D eigenvalue weighted by atomic mass is 10.1. The predicted octanol–water partition coefficient (Wildman–Crippen LogP) is 1.74. The molecule has 0 atom stereocenters. The van der Waals surface area contributed by atoms with Gasteiger partial charge < -0.3 is 5.73 Å². The van der Waals surface area contributed by atoms with E-state index in [1.165, 1.54) is 24.4 Å². The summed E-state index contributed by atoms with van der Waals surface area (Å²) < 4.78 is 13.2. The average Bonchev–Trinajstić information content (AvgIpc) is 2.28. The maximum Gasteiger partial charge on any atom is 0.161 e. The fourth-order valence-corrected chi connectivity index (χ4v) is 1.30. The minimum Gasteiger partial charge on any atom is -0.384 e. The maximum absolute atomic E-state index is 13.2. The van der Waals surface area contributed by atoms with E-state index in [0.717, 1.165) is 6.07 Å². The van der Waals surface area contributed by atoms with Gasteiger partial charge in [0, 0.05) is 11.8 Å². The number of rotatable bonds is 1. The lowest BCUT2D eigenvalue weighted by Gasteiger charge is -2.01. The van der Waals surface area contributed by atoms with Crippen LogP contribution < -0.4 is 5.73 Å². The van der Waals surface area contributed by atoms with Crippen LogP contribution in [0.25, 0.3) is 11.4 Å². The summed E-state index contributed by atoms with van der Waals surface area (Å²) in [7, 11) is 0. The highest BCUT2D eigenvalue weighted by atomic mass is 19.1. The molecule has 4 nitrogen and oxygen atoms in total. The average molecular weight is 214 g/mol. The normalized spacial score (nSPS) is 9.75. The third-order valence-electron chi connectivity index (χ3n) is 1.96. The molecule has 0 fully saturated rings. The van der Waals surface area contributed by atoms with Gasteiger partial charge in [0.1, 0.15) is 11.6 Å². The highest BCUT2D eigenvalue weighted by molar-refractivity contribution is 5.59. The van der Waals surface area contributed by atoms with Crippen molar-refractivity contribution in [2.24, 2.45) is 0 Å². The summed E-state index contributed by atoms with van der Waals surface area (Å²) in [6, 6.07) is 7.32. The van der Waals surface area contributed by atoms with E-state index in [-0.39, 0.29) is 5.56 Å². The molecule has 0 amide bonds. The van der Waals surface area contributed by atoms with Gasteiger partial charge in [0.05, 0.1) is 11.6 Å². The van der Waals surface area contributed by atoms with Gasteiger partial charge in [-0.05, 0) is 24.3 Å². The molecule has 0 aliphatic rings. The number of hydrogen-bond acceptors (Lipinski definition) is 4. The number of nitrogen functional groups attached to an aromatic ring is 1. The Bertz CT molecular complexity index is 574. The Morgan fingerprint density at radius 1 is 1.31 bits per heavy atom. The molecule has 0 bridgehead atoms. The zero-order valence-corrected chi connectivity index (χ0v) is 8.18. The number of nitriles is 1. The van der Waals surface area contributed by atoms with Crippen molar-refractivity contribution >= 4 is 5.82 Å². The Morgan fingerprint density at radius 3 is 2.81 bits per heavy atom. The molecule has 0 unspecified atom stereocenters. The van der Waals surface area contributed by atoms with Crippen LogP contribution in [0.3, 0.4) is 0 Å². The second-order valence-corrected chi connectivity index (χ2v) is 3.15. The van der Waals surface area contributed by atoms with Crippen LogP contribution in [-0.2, 0) is 0 Å². The van der Waals surface area contributed by atoms with Gasteiger partial charge in [-0.25, -0.2) is 14.4 Å². The van der Waals surface area contributed by atoms with E-state index in [9.17, 15) is 4.39 Å². The van der Waals surface area contributed by atoms with Gasteiger partial charge in [0.15, 0.2) is 5.82 Å². The van der Waals surface area contributed by atoms with Crippen molar-refractivity contribution in [3.63, 3.8) is 0 Å². The molecular weight excluding hydrogens is 207 g/mol. The summed E-state index contributed by atoms with van der Waals surface area (Å²) in [4.78, 5) is 7.91. The lowest BCUT2D eigenvalue weighted by molar-refractivity contribution is 0.627. The van der Waals surface area contributed by atoms with Crippen LogP contribution in [0.5, 0.6) is 0 Å². The maximum atomic E-state index is 13.2. The number of benzene rings is 1. The van der Waals surface area contributed by atoms with Gasteiger partial charge in [-0.15, -0.1) is 0 Å². The summed E-state index contributed by atoms with van der Waals surface area (Å²) >= 11 is 0. The number of nitrogens with two attached hydrogens (primary N) is 1. The molecule has 1 heterocycles. The van der Waals surface area contributed by atoms with E-state index < -0.39 is 5.82 Å². The lowest BCUT2D eigenvalue weighted by Crippen LogP contribution is -1.95. The van der Waals surface area contributed by atoms with Crippen LogP contribution in [0, 0.1) is 17.1 Å². The van der Waals surface area contributed by atoms with Crippen LogP contribution >= 0.6 is 0 Å².